The predicted molar refractivity (Wildman–Crippen MR) is 101 cm³/mol. The van der Waals surface area contributed by atoms with E-state index in [1.807, 2.05) is 6.07 Å². The molecule has 6 nitrogen and oxygen atoms in total. The van der Waals surface area contributed by atoms with E-state index in [0.717, 1.165) is 17.8 Å². The number of morpholine rings is 1. The van der Waals surface area contributed by atoms with E-state index in [1.54, 1.807) is 19.2 Å². The Morgan fingerprint density at radius 3 is 2.77 bits per heavy atom. The Hall–Kier alpha value is -2.44. The number of rotatable bonds is 5. The van der Waals surface area contributed by atoms with Crippen LogP contribution in [0.3, 0.4) is 0 Å². The van der Waals surface area contributed by atoms with E-state index >= 15 is 0 Å². The van der Waals surface area contributed by atoms with Gasteiger partial charge in [-0.25, -0.2) is 0 Å². The Balaban J connectivity index is 1.88. The van der Waals surface area contributed by atoms with E-state index in [1.165, 1.54) is 16.7 Å². The molecule has 1 aliphatic rings. The molecule has 0 saturated carbocycles. The molecule has 1 aliphatic heterocycles. The van der Waals surface area contributed by atoms with Crippen LogP contribution in [0.15, 0.2) is 36.4 Å². The van der Waals surface area contributed by atoms with Crippen molar-refractivity contribution in [3.05, 3.63) is 68.8 Å². The number of methoxy groups -OCH3 is 1. The molecular formula is C20H24N2O4. The number of ether oxygens (including phenoxy) is 2. The molecule has 0 N–H and O–H groups in total. The standard InChI is InChI=1S/C20H24N2O4/c1-14-4-6-18(15(2)10-14)20-12-21(8-9-26-20)19-7-5-17(22(23)24)11-16(19)13-25-3/h4-7,10-11,20H,8-9,12-13H2,1-3H3. The first-order valence-electron chi connectivity index (χ1n) is 8.69. The van der Waals surface area contributed by atoms with Gasteiger partial charge in [0.2, 0.25) is 0 Å². The van der Waals surface area contributed by atoms with Crippen molar-refractivity contribution in [1.82, 2.24) is 0 Å². The maximum Gasteiger partial charge on any atom is 0.269 e. The Kier molecular flexibility index (Phi) is 5.54. The first kappa shape index (κ1) is 18.4. The van der Waals surface area contributed by atoms with E-state index in [0.29, 0.717) is 19.8 Å². The van der Waals surface area contributed by atoms with Gasteiger partial charge in [0, 0.05) is 43.6 Å². The molecule has 2 aromatic carbocycles. The van der Waals surface area contributed by atoms with Gasteiger partial charge in [-0.3, -0.25) is 10.1 Å². The van der Waals surface area contributed by atoms with Crippen molar-refractivity contribution in [3.8, 4) is 0 Å². The molecule has 1 heterocycles. The average molecular weight is 356 g/mol. The lowest BCUT2D eigenvalue weighted by Crippen LogP contribution is -2.39. The highest BCUT2D eigenvalue weighted by Gasteiger charge is 2.25. The van der Waals surface area contributed by atoms with E-state index in [9.17, 15) is 10.1 Å². The van der Waals surface area contributed by atoms with Crippen LogP contribution in [0.2, 0.25) is 0 Å². The minimum absolute atomic E-state index is 0.0186. The molecule has 1 unspecified atom stereocenters. The largest absolute Gasteiger partial charge is 0.380 e. The summed E-state index contributed by atoms with van der Waals surface area (Å²) in [6, 6.07) is 11.4. The van der Waals surface area contributed by atoms with Crippen molar-refractivity contribution < 1.29 is 14.4 Å². The fourth-order valence-corrected chi connectivity index (χ4v) is 3.51. The fourth-order valence-electron chi connectivity index (χ4n) is 3.51. The molecule has 2 aromatic rings. The molecular weight excluding hydrogens is 332 g/mol. The summed E-state index contributed by atoms with van der Waals surface area (Å²) in [7, 11) is 1.60. The lowest BCUT2D eigenvalue weighted by molar-refractivity contribution is -0.384. The van der Waals surface area contributed by atoms with Crippen molar-refractivity contribution in [1.29, 1.82) is 0 Å². The lowest BCUT2D eigenvalue weighted by Gasteiger charge is -2.36. The second kappa shape index (κ2) is 7.85. The van der Waals surface area contributed by atoms with Gasteiger partial charge >= 0.3 is 0 Å². The van der Waals surface area contributed by atoms with Gasteiger partial charge in [-0.05, 0) is 31.0 Å². The zero-order valence-corrected chi connectivity index (χ0v) is 15.4. The number of nitro benzene ring substituents is 1. The Morgan fingerprint density at radius 2 is 2.08 bits per heavy atom. The second-order valence-corrected chi connectivity index (χ2v) is 6.67. The number of aryl methyl sites for hydroxylation is 2. The van der Waals surface area contributed by atoms with E-state index in [2.05, 4.69) is 36.9 Å². The highest BCUT2D eigenvalue weighted by molar-refractivity contribution is 5.58. The Labute approximate surface area is 153 Å². The molecule has 0 radical (unpaired) electrons. The molecule has 1 atom stereocenters. The van der Waals surface area contributed by atoms with Gasteiger partial charge in [0.15, 0.2) is 0 Å². The molecule has 138 valence electrons. The summed E-state index contributed by atoms with van der Waals surface area (Å²) in [5, 5.41) is 11.1. The average Bonchev–Trinajstić information content (AvgIpc) is 2.62. The minimum Gasteiger partial charge on any atom is -0.380 e. The van der Waals surface area contributed by atoms with Gasteiger partial charge < -0.3 is 14.4 Å². The quantitative estimate of drug-likeness (QED) is 0.600. The fraction of sp³-hybridized carbons (Fsp3) is 0.400. The summed E-state index contributed by atoms with van der Waals surface area (Å²) in [6.45, 7) is 6.59. The van der Waals surface area contributed by atoms with Crippen LogP contribution in [0.1, 0.15) is 28.4 Å². The van der Waals surface area contributed by atoms with E-state index in [-0.39, 0.29) is 16.7 Å². The van der Waals surface area contributed by atoms with Gasteiger partial charge in [0.1, 0.15) is 6.10 Å². The molecule has 1 fully saturated rings. The van der Waals surface area contributed by atoms with Crippen molar-refractivity contribution in [3.63, 3.8) is 0 Å². The Bertz CT molecular complexity index is 806. The van der Waals surface area contributed by atoms with Crippen LogP contribution in [0.4, 0.5) is 11.4 Å². The van der Waals surface area contributed by atoms with Crippen LogP contribution in [0.25, 0.3) is 0 Å². The van der Waals surface area contributed by atoms with Crippen molar-refractivity contribution in [2.45, 2.75) is 26.6 Å². The summed E-state index contributed by atoms with van der Waals surface area (Å²) < 4.78 is 11.3. The third-order valence-electron chi connectivity index (χ3n) is 4.75. The molecule has 1 saturated heterocycles. The second-order valence-electron chi connectivity index (χ2n) is 6.67. The molecule has 0 spiro atoms. The van der Waals surface area contributed by atoms with Crippen molar-refractivity contribution in [2.75, 3.05) is 31.7 Å². The van der Waals surface area contributed by atoms with Gasteiger partial charge in [-0.15, -0.1) is 0 Å². The van der Waals surface area contributed by atoms with Crippen LogP contribution < -0.4 is 4.90 Å². The number of nitrogens with zero attached hydrogens (tertiary/aromatic N) is 2. The van der Waals surface area contributed by atoms with Crippen LogP contribution in [-0.2, 0) is 16.1 Å². The van der Waals surface area contributed by atoms with Gasteiger partial charge in [-0.2, -0.15) is 0 Å². The molecule has 3 rings (SSSR count). The molecule has 0 amide bonds. The summed E-state index contributed by atoms with van der Waals surface area (Å²) in [5.41, 5.74) is 5.52. The zero-order chi connectivity index (χ0) is 18.7. The van der Waals surface area contributed by atoms with Crippen LogP contribution in [0, 0.1) is 24.0 Å². The number of non-ortho nitro benzene ring substituents is 1. The topological polar surface area (TPSA) is 64.8 Å². The lowest BCUT2D eigenvalue weighted by atomic mass is 9.99. The molecule has 6 heteroatoms. The number of hydrogen-bond acceptors (Lipinski definition) is 5. The molecule has 0 aliphatic carbocycles. The predicted octanol–water partition coefficient (Wildman–Crippen LogP) is 3.94. The minimum atomic E-state index is -0.374. The summed E-state index contributed by atoms with van der Waals surface area (Å²) in [5.74, 6) is 0. The smallest absolute Gasteiger partial charge is 0.269 e. The van der Waals surface area contributed by atoms with Crippen LogP contribution in [0.5, 0.6) is 0 Å². The summed E-state index contributed by atoms with van der Waals surface area (Å²) in [4.78, 5) is 12.9. The molecule has 0 aromatic heterocycles. The summed E-state index contributed by atoms with van der Waals surface area (Å²) in [6.07, 6.45) is -0.0186. The van der Waals surface area contributed by atoms with Gasteiger partial charge in [0.05, 0.1) is 18.1 Å². The van der Waals surface area contributed by atoms with E-state index < -0.39 is 0 Å². The molecule has 0 bridgehead atoms. The maximum absolute atomic E-state index is 11.1. The van der Waals surface area contributed by atoms with Crippen molar-refractivity contribution in [2.24, 2.45) is 0 Å². The first-order valence-corrected chi connectivity index (χ1v) is 8.69. The monoisotopic (exact) mass is 356 g/mol. The highest BCUT2D eigenvalue weighted by Crippen LogP contribution is 2.32. The summed E-state index contributed by atoms with van der Waals surface area (Å²) >= 11 is 0. The SMILES string of the molecule is COCc1cc([N+](=O)[O-])ccc1N1CCOC(c2ccc(C)cc2C)C1. The number of hydrogen-bond donors (Lipinski definition) is 0. The normalized spacial score (nSPS) is 17.3. The highest BCUT2D eigenvalue weighted by atomic mass is 16.6. The third kappa shape index (κ3) is 3.86. The van der Waals surface area contributed by atoms with E-state index in [4.69, 9.17) is 9.47 Å². The number of nitro groups is 1. The van der Waals surface area contributed by atoms with Crippen LogP contribution in [-0.4, -0.2) is 31.7 Å². The molecule has 26 heavy (non-hydrogen) atoms. The first-order chi connectivity index (χ1) is 12.5. The number of benzene rings is 2. The van der Waals surface area contributed by atoms with Crippen LogP contribution >= 0.6 is 0 Å². The van der Waals surface area contributed by atoms with Crippen molar-refractivity contribution >= 4 is 11.4 Å². The Morgan fingerprint density at radius 1 is 1.27 bits per heavy atom. The third-order valence-corrected chi connectivity index (χ3v) is 4.75. The zero-order valence-electron chi connectivity index (χ0n) is 15.4. The van der Waals surface area contributed by atoms with Gasteiger partial charge in [0.25, 0.3) is 5.69 Å². The number of anilines is 1. The van der Waals surface area contributed by atoms with Gasteiger partial charge in [-0.1, -0.05) is 23.8 Å². The maximum atomic E-state index is 11.1.